The normalized spacial score (nSPS) is 18.4. The van der Waals surface area contributed by atoms with Crippen molar-refractivity contribution < 1.29 is 38.3 Å². The van der Waals surface area contributed by atoms with Crippen LogP contribution in [-0.2, 0) is 28.7 Å². The van der Waals surface area contributed by atoms with Gasteiger partial charge in [-0.25, -0.2) is 19.7 Å². The number of rotatable bonds is 12. The lowest BCUT2D eigenvalue weighted by Crippen LogP contribution is -2.52. The second kappa shape index (κ2) is 24.3. The van der Waals surface area contributed by atoms with E-state index in [1.54, 1.807) is 53.3 Å². The number of carbonyl (C=O) groups excluding carboxylic acids is 4. The van der Waals surface area contributed by atoms with E-state index in [0.29, 0.717) is 12.8 Å². The molecule has 0 aromatic carbocycles. The third-order valence-electron chi connectivity index (χ3n) is 8.05. The van der Waals surface area contributed by atoms with Crippen LogP contribution in [0.4, 0.5) is 9.59 Å². The lowest BCUT2D eigenvalue weighted by molar-refractivity contribution is -0.171. The average molecular weight is 759 g/mol. The van der Waals surface area contributed by atoms with Crippen LogP contribution in [0.2, 0.25) is 0 Å². The van der Waals surface area contributed by atoms with Crippen LogP contribution < -0.4 is 16.0 Å². The Bertz CT molecular complexity index is 1140. The highest BCUT2D eigenvalue weighted by Gasteiger charge is 2.33. The third kappa shape index (κ3) is 21.5. The van der Waals surface area contributed by atoms with E-state index in [1.807, 2.05) is 20.1 Å². The second-order valence-corrected chi connectivity index (χ2v) is 16.1. The number of amides is 4. The molecule has 52 heavy (non-hydrogen) atoms. The highest BCUT2D eigenvalue weighted by atomic mass is 32.2. The summed E-state index contributed by atoms with van der Waals surface area (Å²) in [5.74, 6) is -0.596. The van der Waals surface area contributed by atoms with E-state index in [9.17, 15) is 19.2 Å². The topological polar surface area (TPSA) is 151 Å². The van der Waals surface area contributed by atoms with Crippen molar-refractivity contribution in [1.29, 1.82) is 0 Å². The minimum Gasteiger partial charge on any atom is -0.444 e. The lowest BCUT2D eigenvalue weighted by Gasteiger charge is -2.39. The summed E-state index contributed by atoms with van der Waals surface area (Å²) in [5.41, 5.74) is -0.249. The molecule has 2 unspecified atom stereocenters. The highest BCUT2D eigenvalue weighted by Crippen LogP contribution is 2.25. The van der Waals surface area contributed by atoms with E-state index in [0.717, 1.165) is 67.4 Å². The molecule has 2 heterocycles. The molecule has 4 atom stereocenters. The fourth-order valence-corrected chi connectivity index (χ4v) is 5.39. The Labute approximate surface area is 318 Å². The van der Waals surface area contributed by atoms with E-state index in [1.165, 1.54) is 33.2 Å². The minimum absolute atomic E-state index is 0.153. The summed E-state index contributed by atoms with van der Waals surface area (Å²) in [7, 11) is 5.90. The Kier molecular flexibility index (Phi) is 22.9. The molecular formula is C37H70N6O8S. The zero-order chi connectivity index (χ0) is 40.2. The SMILES string of the molecule is C=C(C)N1CCCCC1C[C@H](NC(=O)OC(C)(C)C)C(=O)N(C)OC.C=C(C)SC.CON(C)C(=O)[C@H](CC1CCCCN1)NC(=O)OC(C)(C)C. The van der Waals surface area contributed by atoms with Gasteiger partial charge in [0.25, 0.3) is 11.8 Å². The summed E-state index contributed by atoms with van der Waals surface area (Å²) in [4.78, 5) is 62.4. The number of likely N-dealkylation sites (N-methyl/N-ethyl adjacent to an activating group) is 2. The van der Waals surface area contributed by atoms with Gasteiger partial charge in [0, 0.05) is 38.4 Å². The van der Waals surface area contributed by atoms with Crippen molar-refractivity contribution in [1.82, 2.24) is 31.0 Å². The van der Waals surface area contributed by atoms with Crippen LogP contribution in [0.1, 0.15) is 107 Å². The summed E-state index contributed by atoms with van der Waals surface area (Å²) < 4.78 is 10.5. The van der Waals surface area contributed by atoms with E-state index < -0.39 is 35.5 Å². The number of piperidine rings is 2. The van der Waals surface area contributed by atoms with Gasteiger partial charge in [-0.05, 0) is 118 Å². The van der Waals surface area contributed by atoms with Crippen LogP contribution >= 0.6 is 11.8 Å². The molecule has 2 fully saturated rings. The van der Waals surface area contributed by atoms with E-state index >= 15 is 0 Å². The zero-order valence-electron chi connectivity index (χ0n) is 34.3. The van der Waals surface area contributed by atoms with Crippen molar-refractivity contribution in [2.45, 2.75) is 142 Å². The van der Waals surface area contributed by atoms with Crippen LogP contribution in [0.15, 0.2) is 23.8 Å². The maximum atomic E-state index is 12.6. The summed E-state index contributed by atoms with van der Waals surface area (Å²) in [5, 5.41) is 11.0. The van der Waals surface area contributed by atoms with E-state index in [4.69, 9.17) is 19.1 Å². The van der Waals surface area contributed by atoms with Crippen molar-refractivity contribution in [3.63, 3.8) is 0 Å². The first-order valence-electron chi connectivity index (χ1n) is 18.0. The maximum Gasteiger partial charge on any atom is 0.408 e. The lowest BCUT2D eigenvalue weighted by atomic mass is 9.95. The largest absolute Gasteiger partial charge is 0.444 e. The third-order valence-corrected chi connectivity index (χ3v) is 8.75. The summed E-state index contributed by atoms with van der Waals surface area (Å²) >= 11 is 1.69. The highest BCUT2D eigenvalue weighted by molar-refractivity contribution is 8.02. The molecule has 2 saturated heterocycles. The zero-order valence-corrected chi connectivity index (χ0v) is 35.1. The van der Waals surface area contributed by atoms with Crippen LogP contribution in [0, 0.1) is 0 Å². The molecule has 2 rings (SSSR count). The van der Waals surface area contributed by atoms with Crippen LogP contribution in [0.25, 0.3) is 0 Å². The first-order chi connectivity index (χ1) is 24.0. The van der Waals surface area contributed by atoms with Crippen molar-refractivity contribution >= 4 is 35.8 Å². The predicted octanol–water partition coefficient (Wildman–Crippen LogP) is 5.99. The summed E-state index contributed by atoms with van der Waals surface area (Å²) in [6.45, 7) is 24.2. The molecule has 4 amide bonds. The van der Waals surface area contributed by atoms with Crippen molar-refractivity contribution in [2.75, 3.05) is 47.7 Å². The van der Waals surface area contributed by atoms with Crippen molar-refractivity contribution in [3.8, 4) is 0 Å². The van der Waals surface area contributed by atoms with Gasteiger partial charge >= 0.3 is 12.2 Å². The minimum atomic E-state index is -0.718. The second-order valence-electron chi connectivity index (χ2n) is 15.0. The number of allylic oxidation sites excluding steroid dienone is 2. The van der Waals surface area contributed by atoms with Gasteiger partial charge in [-0.2, -0.15) is 0 Å². The van der Waals surface area contributed by atoms with Crippen LogP contribution in [0.3, 0.4) is 0 Å². The number of nitrogens with one attached hydrogen (secondary N) is 3. The van der Waals surface area contributed by atoms with E-state index in [-0.39, 0.29) is 23.9 Å². The molecule has 0 spiro atoms. The molecule has 2 aliphatic heterocycles. The molecule has 14 nitrogen and oxygen atoms in total. The summed E-state index contributed by atoms with van der Waals surface area (Å²) in [6.07, 6.45) is 8.27. The van der Waals surface area contributed by atoms with Gasteiger partial charge in [-0.15, -0.1) is 11.8 Å². The number of carbonyl (C=O) groups is 4. The fraction of sp³-hybridized carbons (Fsp3) is 0.784. The number of alkyl carbamates (subject to hydrolysis) is 2. The number of ether oxygens (including phenoxy) is 2. The Morgan fingerprint density at radius 2 is 1.25 bits per heavy atom. The molecular weight excluding hydrogens is 689 g/mol. The van der Waals surface area contributed by atoms with Crippen LogP contribution in [-0.4, -0.2) is 122 Å². The molecule has 0 saturated carbocycles. The Morgan fingerprint density at radius 1 is 0.808 bits per heavy atom. The molecule has 0 bridgehead atoms. The Hall–Kier alpha value is -3.01. The van der Waals surface area contributed by atoms with Gasteiger partial charge in [0.2, 0.25) is 0 Å². The molecule has 0 aromatic heterocycles. The number of nitrogens with zero attached hydrogens (tertiary/aromatic N) is 3. The average Bonchev–Trinajstić information content (AvgIpc) is 3.05. The van der Waals surface area contributed by atoms with Gasteiger partial charge in [-0.3, -0.25) is 19.3 Å². The van der Waals surface area contributed by atoms with Gasteiger partial charge in [0.1, 0.15) is 23.3 Å². The number of likely N-dealkylation sites (tertiary alicyclic amines) is 1. The maximum absolute atomic E-state index is 12.6. The predicted molar refractivity (Wildman–Crippen MR) is 208 cm³/mol. The smallest absolute Gasteiger partial charge is 0.408 e. The quantitative estimate of drug-likeness (QED) is 0.201. The van der Waals surface area contributed by atoms with Crippen molar-refractivity contribution in [3.05, 3.63) is 23.8 Å². The molecule has 15 heteroatoms. The molecule has 0 radical (unpaired) electrons. The van der Waals surface area contributed by atoms with Gasteiger partial charge in [0.15, 0.2) is 0 Å². The molecule has 2 aliphatic rings. The number of hydrogen-bond donors (Lipinski definition) is 3. The first kappa shape index (κ1) is 49.0. The van der Waals surface area contributed by atoms with Gasteiger partial charge in [-0.1, -0.05) is 19.6 Å². The number of thioether (sulfide) groups is 1. The molecule has 0 aliphatic carbocycles. The fourth-order valence-electron chi connectivity index (χ4n) is 5.39. The first-order valence-corrected chi connectivity index (χ1v) is 19.2. The Balaban J connectivity index is 0.000000890. The van der Waals surface area contributed by atoms with Gasteiger partial charge < -0.3 is 30.3 Å². The summed E-state index contributed by atoms with van der Waals surface area (Å²) in [6, 6.07) is -1.02. The molecule has 302 valence electrons. The van der Waals surface area contributed by atoms with Crippen molar-refractivity contribution in [2.24, 2.45) is 0 Å². The van der Waals surface area contributed by atoms with Crippen LogP contribution in [0.5, 0.6) is 0 Å². The van der Waals surface area contributed by atoms with Gasteiger partial charge in [0.05, 0.1) is 14.2 Å². The number of hydroxylamine groups is 4. The monoisotopic (exact) mass is 758 g/mol. The Morgan fingerprint density at radius 3 is 1.62 bits per heavy atom. The standard InChI is InChI=1S/C18H33N3O4.C15H29N3O4.C4H8S/c1-13(2)21-11-9-8-10-14(21)12-15(16(22)20(6)24-7)19-17(23)25-18(3,4)5;1-15(2,3)22-14(20)17-12(13(19)18(4)21-5)10-11-8-6-7-9-16-11;1-4(2)5-3/h14-15H,1,8-12H2,2-7H3,(H,19,23);11-12,16H,6-10H2,1-5H3,(H,17,20);1H2,2-3H3/t14?,15-;11?,12-;/m00./s1. The molecule has 3 N–H and O–H groups in total. The van der Waals surface area contributed by atoms with E-state index in [2.05, 4.69) is 34.0 Å². The molecule has 0 aromatic rings. The number of hydrogen-bond acceptors (Lipinski definition) is 11.